The van der Waals surface area contributed by atoms with Gasteiger partial charge in [-0.3, -0.25) is 9.59 Å². The Morgan fingerprint density at radius 1 is 1.11 bits per heavy atom. The van der Waals surface area contributed by atoms with E-state index < -0.39 is 6.04 Å². The minimum absolute atomic E-state index is 0.0248. The molecular formula is C22H26N4O2. The van der Waals surface area contributed by atoms with E-state index in [-0.39, 0.29) is 17.7 Å². The van der Waals surface area contributed by atoms with Crippen molar-refractivity contribution in [3.05, 3.63) is 71.7 Å². The largest absolute Gasteiger partial charge is 0.354 e. The Morgan fingerprint density at radius 3 is 2.57 bits per heavy atom. The van der Waals surface area contributed by atoms with Crippen LogP contribution in [0.5, 0.6) is 0 Å². The van der Waals surface area contributed by atoms with E-state index in [2.05, 4.69) is 15.6 Å². The van der Waals surface area contributed by atoms with Crippen molar-refractivity contribution in [1.29, 1.82) is 0 Å². The zero-order valence-corrected chi connectivity index (χ0v) is 16.5. The molecule has 0 bridgehead atoms. The lowest BCUT2D eigenvalue weighted by molar-refractivity contribution is -0.123. The van der Waals surface area contributed by atoms with Crippen molar-refractivity contribution >= 4 is 17.5 Å². The SMILES string of the molecule is Cc1ccccc1C(=O)NC(C(=O)NCCc1cn2ccccc2n1)C(C)C. The summed E-state index contributed by atoms with van der Waals surface area (Å²) in [5.41, 5.74) is 3.27. The molecule has 0 aliphatic rings. The summed E-state index contributed by atoms with van der Waals surface area (Å²) in [5.74, 6) is -0.434. The van der Waals surface area contributed by atoms with E-state index in [1.807, 2.05) is 74.0 Å². The average Bonchev–Trinajstić information content (AvgIpc) is 3.08. The maximum Gasteiger partial charge on any atom is 0.252 e. The van der Waals surface area contributed by atoms with Crippen molar-refractivity contribution in [1.82, 2.24) is 20.0 Å². The Hall–Kier alpha value is -3.15. The molecular weight excluding hydrogens is 352 g/mol. The Balaban J connectivity index is 1.58. The lowest BCUT2D eigenvalue weighted by atomic mass is 10.0. The Labute approximate surface area is 165 Å². The molecule has 0 radical (unpaired) electrons. The van der Waals surface area contributed by atoms with Gasteiger partial charge in [0.25, 0.3) is 5.91 Å². The number of aromatic nitrogens is 2. The van der Waals surface area contributed by atoms with Gasteiger partial charge in [-0.05, 0) is 36.6 Å². The molecule has 1 atom stereocenters. The molecule has 28 heavy (non-hydrogen) atoms. The molecule has 2 aromatic heterocycles. The minimum Gasteiger partial charge on any atom is -0.354 e. The summed E-state index contributed by atoms with van der Waals surface area (Å²) < 4.78 is 1.95. The predicted octanol–water partition coefficient (Wildman–Crippen LogP) is 2.76. The van der Waals surface area contributed by atoms with Gasteiger partial charge in [-0.2, -0.15) is 0 Å². The highest BCUT2D eigenvalue weighted by atomic mass is 16.2. The first-order valence-electron chi connectivity index (χ1n) is 9.52. The lowest BCUT2D eigenvalue weighted by Crippen LogP contribution is -2.50. The van der Waals surface area contributed by atoms with E-state index in [4.69, 9.17) is 0 Å². The van der Waals surface area contributed by atoms with Crippen molar-refractivity contribution in [2.24, 2.45) is 5.92 Å². The van der Waals surface area contributed by atoms with Crippen LogP contribution in [0, 0.1) is 12.8 Å². The van der Waals surface area contributed by atoms with Crippen LogP contribution in [0.4, 0.5) is 0 Å². The number of aryl methyl sites for hydroxylation is 1. The first-order valence-corrected chi connectivity index (χ1v) is 9.52. The second-order valence-corrected chi connectivity index (χ2v) is 7.25. The van der Waals surface area contributed by atoms with Crippen LogP contribution >= 0.6 is 0 Å². The molecule has 0 saturated heterocycles. The summed E-state index contributed by atoms with van der Waals surface area (Å²) in [4.78, 5) is 29.8. The number of hydrogen-bond donors (Lipinski definition) is 2. The maximum atomic E-state index is 12.6. The molecule has 2 heterocycles. The second-order valence-electron chi connectivity index (χ2n) is 7.25. The van der Waals surface area contributed by atoms with Crippen LogP contribution in [0.25, 0.3) is 5.65 Å². The molecule has 2 N–H and O–H groups in total. The van der Waals surface area contributed by atoms with Gasteiger partial charge in [0.05, 0.1) is 5.69 Å². The molecule has 0 spiro atoms. The number of hydrogen-bond acceptors (Lipinski definition) is 3. The number of pyridine rings is 1. The highest BCUT2D eigenvalue weighted by molar-refractivity contribution is 5.98. The van der Waals surface area contributed by atoms with Crippen molar-refractivity contribution in [2.75, 3.05) is 6.54 Å². The van der Waals surface area contributed by atoms with Crippen molar-refractivity contribution in [3.63, 3.8) is 0 Å². The van der Waals surface area contributed by atoms with Crippen LogP contribution in [0.1, 0.15) is 35.5 Å². The van der Waals surface area contributed by atoms with Crippen LogP contribution in [-0.4, -0.2) is 33.8 Å². The molecule has 6 heteroatoms. The molecule has 3 rings (SSSR count). The summed E-state index contributed by atoms with van der Waals surface area (Å²) >= 11 is 0. The van der Waals surface area contributed by atoms with Gasteiger partial charge >= 0.3 is 0 Å². The van der Waals surface area contributed by atoms with Crippen LogP contribution in [0.3, 0.4) is 0 Å². The van der Waals surface area contributed by atoms with E-state index in [0.29, 0.717) is 18.5 Å². The Kier molecular flexibility index (Phi) is 6.09. The van der Waals surface area contributed by atoms with Crippen LogP contribution in [0.15, 0.2) is 54.9 Å². The van der Waals surface area contributed by atoms with Gasteiger partial charge in [0.1, 0.15) is 11.7 Å². The average molecular weight is 378 g/mol. The van der Waals surface area contributed by atoms with Gasteiger partial charge in [-0.25, -0.2) is 4.98 Å². The summed E-state index contributed by atoms with van der Waals surface area (Å²) in [5, 5.41) is 5.80. The fourth-order valence-electron chi connectivity index (χ4n) is 3.11. The summed E-state index contributed by atoms with van der Waals surface area (Å²) in [7, 11) is 0. The number of carbonyl (C=O) groups excluding carboxylic acids is 2. The van der Waals surface area contributed by atoms with E-state index in [1.165, 1.54) is 0 Å². The molecule has 6 nitrogen and oxygen atoms in total. The first-order chi connectivity index (χ1) is 13.5. The topological polar surface area (TPSA) is 75.5 Å². The van der Waals surface area contributed by atoms with Gasteiger partial charge in [0, 0.05) is 30.9 Å². The smallest absolute Gasteiger partial charge is 0.252 e. The lowest BCUT2D eigenvalue weighted by Gasteiger charge is -2.22. The van der Waals surface area contributed by atoms with Crippen LogP contribution in [0.2, 0.25) is 0 Å². The third kappa shape index (κ3) is 4.57. The van der Waals surface area contributed by atoms with E-state index in [1.54, 1.807) is 6.07 Å². The van der Waals surface area contributed by atoms with Gasteiger partial charge in [-0.1, -0.05) is 38.1 Å². The number of imidazole rings is 1. The third-order valence-electron chi connectivity index (χ3n) is 4.72. The Morgan fingerprint density at radius 2 is 1.86 bits per heavy atom. The fourth-order valence-corrected chi connectivity index (χ4v) is 3.11. The van der Waals surface area contributed by atoms with Crippen molar-refractivity contribution in [2.45, 2.75) is 33.2 Å². The van der Waals surface area contributed by atoms with Crippen molar-refractivity contribution < 1.29 is 9.59 Å². The summed E-state index contributed by atoms with van der Waals surface area (Å²) in [6.45, 7) is 6.19. The molecule has 146 valence electrons. The van der Waals surface area contributed by atoms with Crippen LogP contribution in [-0.2, 0) is 11.2 Å². The number of benzene rings is 1. The molecule has 0 aliphatic heterocycles. The number of nitrogens with one attached hydrogen (secondary N) is 2. The highest BCUT2D eigenvalue weighted by Crippen LogP contribution is 2.10. The third-order valence-corrected chi connectivity index (χ3v) is 4.72. The minimum atomic E-state index is -0.590. The van der Waals surface area contributed by atoms with E-state index in [0.717, 1.165) is 16.9 Å². The van der Waals surface area contributed by atoms with Gasteiger partial charge in [-0.15, -0.1) is 0 Å². The fraction of sp³-hybridized carbons (Fsp3) is 0.318. The molecule has 2 amide bonds. The van der Waals surface area contributed by atoms with E-state index in [9.17, 15) is 9.59 Å². The van der Waals surface area contributed by atoms with Crippen LogP contribution < -0.4 is 10.6 Å². The molecule has 3 aromatic rings. The number of nitrogens with zero attached hydrogens (tertiary/aromatic N) is 2. The maximum absolute atomic E-state index is 12.6. The number of rotatable bonds is 7. The zero-order chi connectivity index (χ0) is 20.1. The van der Waals surface area contributed by atoms with Gasteiger partial charge in [0.2, 0.25) is 5.91 Å². The van der Waals surface area contributed by atoms with Gasteiger partial charge < -0.3 is 15.0 Å². The standard InChI is InChI=1S/C22H26N4O2/c1-15(2)20(25-21(27)18-9-5-4-8-16(18)3)22(28)23-12-11-17-14-26-13-7-6-10-19(26)24-17/h4-10,13-15,20H,11-12H2,1-3H3,(H,23,28)(H,25,27). The zero-order valence-electron chi connectivity index (χ0n) is 16.5. The second kappa shape index (κ2) is 8.69. The monoisotopic (exact) mass is 378 g/mol. The molecule has 0 aliphatic carbocycles. The number of fused-ring (bicyclic) bond motifs is 1. The normalized spacial score (nSPS) is 12.1. The quantitative estimate of drug-likeness (QED) is 0.664. The highest BCUT2D eigenvalue weighted by Gasteiger charge is 2.24. The summed E-state index contributed by atoms with van der Waals surface area (Å²) in [6.07, 6.45) is 4.53. The number of carbonyl (C=O) groups is 2. The molecule has 1 aromatic carbocycles. The van der Waals surface area contributed by atoms with Crippen molar-refractivity contribution in [3.8, 4) is 0 Å². The summed E-state index contributed by atoms with van der Waals surface area (Å²) in [6, 6.07) is 12.6. The Bertz CT molecular complexity index is 944. The van der Waals surface area contributed by atoms with Gasteiger partial charge in [0.15, 0.2) is 0 Å². The predicted molar refractivity (Wildman–Crippen MR) is 109 cm³/mol. The molecule has 0 fully saturated rings. The number of amides is 2. The molecule has 1 unspecified atom stereocenters. The first kappa shape index (κ1) is 19.6. The van der Waals surface area contributed by atoms with E-state index >= 15 is 0 Å². The molecule has 0 saturated carbocycles.